The van der Waals surface area contributed by atoms with Crippen LogP contribution in [0, 0.1) is 0 Å². The third-order valence-corrected chi connectivity index (χ3v) is 4.90. The van der Waals surface area contributed by atoms with Crippen LogP contribution in [0.2, 0.25) is 0 Å². The van der Waals surface area contributed by atoms with Gasteiger partial charge in [-0.25, -0.2) is 0 Å². The summed E-state index contributed by atoms with van der Waals surface area (Å²) in [6.07, 6.45) is -2.97. The van der Waals surface area contributed by atoms with Gasteiger partial charge >= 0.3 is 0 Å². The zero-order chi connectivity index (χ0) is 16.1. The highest BCUT2D eigenvalue weighted by atomic mass is 16.4. The van der Waals surface area contributed by atoms with Gasteiger partial charge in [-0.3, -0.25) is 0 Å². The molecule has 1 aliphatic carbocycles. The molecule has 0 fully saturated rings. The molecule has 1 aliphatic rings. The summed E-state index contributed by atoms with van der Waals surface area (Å²) in [4.78, 5) is 0. The molecule has 0 aromatic heterocycles. The first kappa shape index (κ1) is 14.6. The van der Waals surface area contributed by atoms with Crippen LogP contribution < -0.4 is 0 Å². The summed E-state index contributed by atoms with van der Waals surface area (Å²) in [6, 6.07) is 13.6. The molecule has 3 atom stereocenters. The minimum atomic E-state index is -1.17. The Balaban J connectivity index is 2.10. The summed E-state index contributed by atoms with van der Waals surface area (Å²) in [5, 5.41) is 43.8. The molecule has 0 bridgehead atoms. The Morgan fingerprint density at radius 3 is 2.30 bits per heavy atom. The average molecular weight is 310 g/mol. The van der Waals surface area contributed by atoms with Crippen LogP contribution in [-0.2, 0) is 13.0 Å². The second-order valence-electron chi connectivity index (χ2n) is 6.17. The zero-order valence-electron chi connectivity index (χ0n) is 12.5. The second kappa shape index (κ2) is 5.28. The normalized spacial score (nSPS) is 24.1. The van der Waals surface area contributed by atoms with Crippen LogP contribution in [0.4, 0.5) is 0 Å². The lowest BCUT2D eigenvalue weighted by molar-refractivity contribution is -0.0682. The van der Waals surface area contributed by atoms with Crippen molar-refractivity contribution in [1.82, 2.24) is 0 Å². The van der Waals surface area contributed by atoms with Gasteiger partial charge in [0.1, 0.15) is 12.2 Å². The fraction of sp³-hybridized carbons (Fsp3) is 0.263. The number of hydrogen-bond acceptors (Lipinski definition) is 4. The molecule has 0 saturated heterocycles. The van der Waals surface area contributed by atoms with Crippen molar-refractivity contribution < 1.29 is 20.4 Å². The number of aliphatic hydroxyl groups is 4. The van der Waals surface area contributed by atoms with Crippen LogP contribution in [0.5, 0.6) is 0 Å². The summed E-state index contributed by atoms with van der Waals surface area (Å²) >= 11 is 0. The summed E-state index contributed by atoms with van der Waals surface area (Å²) < 4.78 is 0. The summed E-state index contributed by atoms with van der Waals surface area (Å²) in [5.41, 5.74) is 2.30. The molecule has 0 saturated carbocycles. The Morgan fingerprint density at radius 1 is 0.870 bits per heavy atom. The quantitative estimate of drug-likeness (QED) is 0.517. The molecule has 0 aliphatic heterocycles. The smallest absolute Gasteiger partial charge is 0.110 e. The van der Waals surface area contributed by atoms with E-state index in [0.717, 1.165) is 32.7 Å². The third-order valence-electron chi connectivity index (χ3n) is 4.90. The van der Waals surface area contributed by atoms with E-state index in [0.29, 0.717) is 5.56 Å². The lowest BCUT2D eigenvalue weighted by Crippen LogP contribution is -2.38. The number of aliphatic hydroxyl groups excluding tert-OH is 4. The summed E-state index contributed by atoms with van der Waals surface area (Å²) in [5.74, 6) is 0. The third kappa shape index (κ3) is 2.07. The van der Waals surface area contributed by atoms with Gasteiger partial charge in [0.15, 0.2) is 0 Å². The van der Waals surface area contributed by atoms with Gasteiger partial charge in [-0.15, -0.1) is 0 Å². The minimum absolute atomic E-state index is 0.0755. The molecule has 3 aromatic rings. The van der Waals surface area contributed by atoms with E-state index in [2.05, 4.69) is 0 Å². The second-order valence-corrected chi connectivity index (χ2v) is 6.17. The van der Waals surface area contributed by atoms with Crippen molar-refractivity contribution in [2.75, 3.05) is 0 Å². The topological polar surface area (TPSA) is 80.9 Å². The first-order chi connectivity index (χ1) is 11.1. The van der Waals surface area contributed by atoms with Crippen molar-refractivity contribution in [3.05, 3.63) is 59.2 Å². The van der Waals surface area contributed by atoms with Crippen molar-refractivity contribution in [1.29, 1.82) is 0 Å². The van der Waals surface area contributed by atoms with Gasteiger partial charge in [-0.1, -0.05) is 36.4 Å². The van der Waals surface area contributed by atoms with E-state index >= 15 is 0 Å². The molecule has 4 heteroatoms. The van der Waals surface area contributed by atoms with Crippen molar-refractivity contribution in [2.24, 2.45) is 0 Å². The highest BCUT2D eigenvalue weighted by Gasteiger charge is 2.34. The molecular weight excluding hydrogens is 292 g/mol. The van der Waals surface area contributed by atoms with Crippen molar-refractivity contribution >= 4 is 21.5 Å². The van der Waals surface area contributed by atoms with Crippen molar-refractivity contribution in [3.63, 3.8) is 0 Å². The van der Waals surface area contributed by atoms with E-state index in [-0.39, 0.29) is 13.0 Å². The van der Waals surface area contributed by atoms with E-state index in [1.807, 2.05) is 42.5 Å². The van der Waals surface area contributed by atoms with Crippen LogP contribution in [-0.4, -0.2) is 32.6 Å². The lowest BCUT2D eigenvalue weighted by Gasteiger charge is -2.31. The van der Waals surface area contributed by atoms with Crippen LogP contribution in [0.1, 0.15) is 22.8 Å². The molecule has 0 radical (unpaired) electrons. The first-order valence-electron chi connectivity index (χ1n) is 7.73. The van der Waals surface area contributed by atoms with Gasteiger partial charge in [-0.2, -0.15) is 0 Å². The summed E-state index contributed by atoms with van der Waals surface area (Å²) in [6.45, 7) is -0.0755. The van der Waals surface area contributed by atoms with Crippen molar-refractivity contribution in [2.45, 2.75) is 31.3 Å². The Labute approximate surface area is 133 Å². The highest BCUT2D eigenvalue weighted by Crippen LogP contribution is 2.38. The SMILES string of the molecule is OCc1cc2c3c(ccc2c2ccccc12)C(O)C(O)C(O)C3. The monoisotopic (exact) mass is 310 g/mol. The molecule has 0 heterocycles. The lowest BCUT2D eigenvalue weighted by atomic mass is 9.81. The molecule has 118 valence electrons. The maximum Gasteiger partial charge on any atom is 0.110 e. The number of benzene rings is 3. The Morgan fingerprint density at radius 2 is 1.57 bits per heavy atom. The fourth-order valence-electron chi connectivity index (χ4n) is 3.69. The van der Waals surface area contributed by atoms with Gasteiger partial charge < -0.3 is 20.4 Å². The number of hydrogen-bond donors (Lipinski definition) is 4. The molecular formula is C19H18O4. The van der Waals surface area contributed by atoms with Gasteiger partial charge in [0, 0.05) is 6.42 Å². The van der Waals surface area contributed by atoms with E-state index < -0.39 is 18.3 Å². The van der Waals surface area contributed by atoms with E-state index in [1.54, 1.807) is 0 Å². The first-order valence-corrected chi connectivity index (χ1v) is 7.73. The van der Waals surface area contributed by atoms with Crippen LogP contribution >= 0.6 is 0 Å². The molecule has 4 rings (SSSR count). The highest BCUT2D eigenvalue weighted by molar-refractivity contribution is 6.10. The van der Waals surface area contributed by atoms with Crippen LogP contribution in [0.15, 0.2) is 42.5 Å². The van der Waals surface area contributed by atoms with Gasteiger partial charge in [0.25, 0.3) is 0 Å². The molecule has 3 aromatic carbocycles. The number of fused-ring (bicyclic) bond motifs is 5. The molecule has 0 amide bonds. The molecule has 0 spiro atoms. The maximum atomic E-state index is 10.2. The van der Waals surface area contributed by atoms with Gasteiger partial charge in [0.05, 0.1) is 12.7 Å². The van der Waals surface area contributed by atoms with Gasteiger partial charge in [0.2, 0.25) is 0 Å². The van der Waals surface area contributed by atoms with Crippen LogP contribution in [0.3, 0.4) is 0 Å². The standard InChI is InChI=1S/C19H18O4/c20-9-10-7-15-13(12-4-2-1-3-11(10)12)5-6-14-16(15)8-17(21)19(23)18(14)22/h1-7,17-23H,8-9H2. The molecule has 4 N–H and O–H groups in total. The Bertz CT molecular complexity index is 903. The minimum Gasteiger partial charge on any atom is -0.392 e. The zero-order valence-corrected chi connectivity index (χ0v) is 12.5. The molecule has 4 nitrogen and oxygen atoms in total. The van der Waals surface area contributed by atoms with E-state index in [1.165, 1.54) is 0 Å². The Kier molecular flexibility index (Phi) is 3.36. The maximum absolute atomic E-state index is 10.2. The predicted octanol–water partition coefficient (Wildman–Crippen LogP) is 1.80. The molecule has 3 unspecified atom stereocenters. The average Bonchev–Trinajstić information content (AvgIpc) is 2.58. The van der Waals surface area contributed by atoms with Crippen LogP contribution in [0.25, 0.3) is 21.5 Å². The van der Waals surface area contributed by atoms with Gasteiger partial charge in [-0.05, 0) is 44.3 Å². The largest absolute Gasteiger partial charge is 0.392 e. The van der Waals surface area contributed by atoms with E-state index in [4.69, 9.17) is 0 Å². The Hall–Kier alpha value is -1.98. The number of rotatable bonds is 1. The predicted molar refractivity (Wildman–Crippen MR) is 88.1 cm³/mol. The molecule has 23 heavy (non-hydrogen) atoms. The fourth-order valence-corrected chi connectivity index (χ4v) is 3.69. The van der Waals surface area contributed by atoms with Crippen molar-refractivity contribution in [3.8, 4) is 0 Å². The summed E-state index contributed by atoms with van der Waals surface area (Å²) in [7, 11) is 0. The van der Waals surface area contributed by atoms with E-state index in [9.17, 15) is 20.4 Å².